The number of aryl methyl sites for hydroxylation is 1. The maximum absolute atomic E-state index is 12.5. The number of amides is 1. The average molecular weight is 529 g/mol. The van der Waals surface area contributed by atoms with E-state index in [1.807, 2.05) is 24.3 Å². The molecule has 3 aromatic rings. The van der Waals surface area contributed by atoms with Crippen LogP contribution in [-0.2, 0) is 9.47 Å². The maximum atomic E-state index is 12.5. The number of aromatic nitrogens is 3. The Labute approximate surface area is 210 Å². The van der Waals surface area contributed by atoms with Gasteiger partial charge in [-0.3, -0.25) is 4.98 Å². The van der Waals surface area contributed by atoms with Gasteiger partial charge in [0.05, 0.1) is 24.2 Å². The summed E-state index contributed by atoms with van der Waals surface area (Å²) in [7, 11) is 1.61. The van der Waals surface area contributed by atoms with Gasteiger partial charge in [-0.2, -0.15) is 13.2 Å². The second-order valence-corrected chi connectivity index (χ2v) is 7.83. The fourth-order valence-corrected chi connectivity index (χ4v) is 3.16. The molecule has 13 heteroatoms. The summed E-state index contributed by atoms with van der Waals surface area (Å²) in [4.78, 5) is 31.9. The summed E-state index contributed by atoms with van der Waals surface area (Å²) in [6.07, 6.45) is -3.62. The first-order chi connectivity index (χ1) is 16.9. The number of para-hydroxylation sites is 2. The third kappa shape index (κ3) is 8.26. The number of fused-ring (bicyclic) bond motifs is 1. The first-order valence-electron chi connectivity index (χ1n) is 10.8. The van der Waals surface area contributed by atoms with E-state index >= 15 is 0 Å². The second-order valence-electron chi connectivity index (χ2n) is 7.44. The highest BCUT2D eigenvalue weighted by Gasteiger charge is 2.28. The minimum atomic E-state index is -4.30. The highest BCUT2D eigenvalue weighted by molar-refractivity contribution is 7.71. The largest absolute Gasteiger partial charge is 0.508 e. The normalized spacial score (nSPS) is 10.9. The SMILES string of the molecule is CCOC(=O)OCCN(C)C(=O)n1c(=S)[nH]c2ccccc21.Cc1nccc(OCC(F)(F)F)c1C. The number of alkyl halides is 3. The van der Waals surface area contributed by atoms with Gasteiger partial charge in [0.15, 0.2) is 11.4 Å². The lowest BCUT2D eigenvalue weighted by atomic mass is 10.2. The van der Waals surface area contributed by atoms with Crippen LogP contribution in [0.2, 0.25) is 0 Å². The molecule has 0 aliphatic heterocycles. The van der Waals surface area contributed by atoms with Crippen molar-refractivity contribution in [2.45, 2.75) is 26.9 Å². The van der Waals surface area contributed by atoms with Gasteiger partial charge in [0, 0.05) is 24.5 Å². The number of imidazole rings is 1. The van der Waals surface area contributed by atoms with Crippen molar-refractivity contribution >= 4 is 35.4 Å². The van der Waals surface area contributed by atoms with Crippen molar-refractivity contribution in [2.24, 2.45) is 0 Å². The van der Waals surface area contributed by atoms with Crippen LogP contribution in [0.4, 0.5) is 22.8 Å². The van der Waals surface area contributed by atoms with E-state index in [-0.39, 0.29) is 31.5 Å². The van der Waals surface area contributed by atoms with Gasteiger partial charge in [0.2, 0.25) is 0 Å². The molecule has 1 N–H and O–H groups in total. The maximum Gasteiger partial charge on any atom is 0.508 e. The fraction of sp³-hybridized carbons (Fsp3) is 0.391. The first-order valence-corrected chi connectivity index (χ1v) is 11.2. The van der Waals surface area contributed by atoms with Crippen molar-refractivity contribution < 1.29 is 37.0 Å². The van der Waals surface area contributed by atoms with Gasteiger partial charge in [-0.25, -0.2) is 14.2 Å². The zero-order valence-corrected chi connectivity index (χ0v) is 21.0. The molecule has 1 aromatic carbocycles. The zero-order valence-electron chi connectivity index (χ0n) is 20.2. The Morgan fingerprint density at radius 3 is 2.53 bits per heavy atom. The van der Waals surface area contributed by atoms with E-state index in [0.717, 1.165) is 5.52 Å². The van der Waals surface area contributed by atoms with Crippen LogP contribution < -0.4 is 4.74 Å². The molecule has 9 nitrogen and oxygen atoms in total. The molecule has 1 amide bonds. The smallest absolute Gasteiger partial charge is 0.484 e. The van der Waals surface area contributed by atoms with Crippen LogP contribution in [0, 0.1) is 18.6 Å². The summed E-state index contributed by atoms with van der Waals surface area (Å²) in [5, 5.41) is 0. The molecule has 0 saturated carbocycles. The van der Waals surface area contributed by atoms with Crippen LogP contribution >= 0.6 is 12.2 Å². The Morgan fingerprint density at radius 2 is 1.86 bits per heavy atom. The number of carbonyl (C=O) groups excluding carboxylic acids is 2. The topological polar surface area (TPSA) is 98.7 Å². The number of likely N-dealkylation sites (N-methyl/N-ethyl adjacent to an activating group) is 1. The molecule has 2 heterocycles. The fourth-order valence-electron chi connectivity index (χ4n) is 2.87. The molecule has 0 aliphatic rings. The standard InChI is InChI=1S/C14H17N3O4S.C9H10F3NO/c1-3-20-14(19)21-9-8-16(2)13(18)17-11-7-5-4-6-10(11)15-12(17)22;1-6-7(2)13-4-3-8(6)14-5-9(10,11)12/h4-7H,3,8-9H2,1-2H3,(H,15,22);3-4H,5H2,1-2H3. The lowest BCUT2D eigenvalue weighted by molar-refractivity contribution is -0.153. The lowest BCUT2D eigenvalue weighted by Gasteiger charge is -2.17. The minimum absolute atomic E-state index is 0.0523. The molecule has 3 rings (SSSR count). The van der Waals surface area contributed by atoms with Crippen molar-refractivity contribution in [3.63, 3.8) is 0 Å². The van der Waals surface area contributed by atoms with Crippen LogP contribution in [0.15, 0.2) is 36.5 Å². The van der Waals surface area contributed by atoms with Gasteiger partial charge in [0.1, 0.15) is 12.4 Å². The number of rotatable bonds is 6. The van der Waals surface area contributed by atoms with Crippen molar-refractivity contribution in [2.75, 3.05) is 33.4 Å². The van der Waals surface area contributed by atoms with E-state index in [1.165, 1.54) is 21.7 Å². The number of ether oxygens (including phenoxy) is 3. The number of halogens is 3. The Kier molecular flexibility index (Phi) is 10.3. The molecular formula is C23H27F3N4O5S. The van der Waals surface area contributed by atoms with E-state index < -0.39 is 18.9 Å². The van der Waals surface area contributed by atoms with Crippen molar-refractivity contribution in [1.29, 1.82) is 0 Å². The summed E-state index contributed by atoms with van der Waals surface area (Å²) >= 11 is 5.19. The first kappa shape index (κ1) is 28.6. The van der Waals surface area contributed by atoms with E-state index in [1.54, 1.807) is 27.8 Å². The number of carbonyl (C=O) groups is 2. The third-order valence-corrected chi connectivity index (χ3v) is 5.10. The summed E-state index contributed by atoms with van der Waals surface area (Å²) in [5.41, 5.74) is 2.80. The number of hydrogen-bond acceptors (Lipinski definition) is 7. The number of benzene rings is 1. The Bertz CT molecular complexity index is 1240. The van der Waals surface area contributed by atoms with Gasteiger partial charge >= 0.3 is 18.4 Å². The third-order valence-electron chi connectivity index (χ3n) is 4.81. The van der Waals surface area contributed by atoms with Crippen LogP contribution in [0.3, 0.4) is 0 Å². The van der Waals surface area contributed by atoms with Crippen LogP contribution in [0.5, 0.6) is 5.75 Å². The molecule has 0 fully saturated rings. The Morgan fingerprint density at radius 1 is 1.17 bits per heavy atom. The molecule has 0 saturated heterocycles. The molecular weight excluding hydrogens is 501 g/mol. The van der Waals surface area contributed by atoms with Gasteiger partial charge in [-0.05, 0) is 51.2 Å². The van der Waals surface area contributed by atoms with Crippen molar-refractivity contribution in [3.05, 3.63) is 52.6 Å². The summed E-state index contributed by atoms with van der Waals surface area (Å²) in [5.74, 6) is 0.231. The van der Waals surface area contributed by atoms with Gasteiger partial charge < -0.3 is 24.1 Å². The Balaban J connectivity index is 0.000000281. The number of hydrogen-bond donors (Lipinski definition) is 1. The summed E-state index contributed by atoms with van der Waals surface area (Å²) in [6, 6.07) is 8.47. The monoisotopic (exact) mass is 528 g/mol. The average Bonchev–Trinajstić information content (AvgIpc) is 3.15. The molecule has 0 atom stereocenters. The molecule has 36 heavy (non-hydrogen) atoms. The highest BCUT2D eigenvalue weighted by Crippen LogP contribution is 2.22. The number of nitrogens with one attached hydrogen (secondary N) is 1. The molecule has 0 radical (unpaired) electrons. The predicted octanol–water partition coefficient (Wildman–Crippen LogP) is 5.41. The minimum Gasteiger partial charge on any atom is -0.484 e. The highest BCUT2D eigenvalue weighted by atomic mass is 32.1. The van der Waals surface area contributed by atoms with Crippen LogP contribution in [0.25, 0.3) is 11.0 Å². The van der Waals surface area contributed by atoms with Gasteiger partial charge in [0.25, 0.3) is 0 Å². The lowest BCUT2D eigenvalue weighted by Crippen LogP contribution is -2.34. The number of aromatic amines is 1. The van der Waals surface area contributed by atoms with Crippen LogP contribution in [-0.4, -0.2) is 71.2 Å². The molecule has 2 aromatic heterocycles. The number of pyridine rings is 1. The predicted molar refractivity (Wildman–Crippen MR) is 129 cm³/mol. The van der Waals surface area contributed by atoms with Gasteiger partial charge in [-0.15, -0.1) is 0 Å². The summed E-state index contributed by atoms with van der Waals surface area (Å²) in [6.45, 7) is 4.35. The van der Waals surface area contributed by atoms with Crippen LogP contribution in [0.1, 0.15) is 18.2 Å². The zero-order chi connectivity index (χ0) is 26.9. The number of H-pyrrole nitrogens is 1. The van der Waals surface area contributed by atoms with E-state index in [4.69, 9.17) is 17.0 Å². The van der Waals surface area contributed by atoms with Crippen molar-refractivity contribution in [1.82, 2.24) is 19.4 Å². The Hall–Kier alpha value is -3.61. The van der Waals surface area contributed by atoms with E-state index in [2.05, 4.69) is 19.4 Å². The molecule has 0 bridgehead atoms. The van der Waals surface area contributed by atoms with E-state index in [0.29, 0.717) is 21.5 Å². The summed E-state index contributed by atoms with van der Waals surface area (Å²) < 4.78 is 51.3. The molecule has 196 valence electrons. The molecule has 0 spiro atoms. The quantitative estimate of drug-likeness (QED) is 0.337. The second kappa shape index (κ2) is 12.9. The molecule has 0 aliphatic carbocycles. The number of nitrogens with zero attached hydrogens (tertiary/aromatic N) is 3. The van der Waals surface area contributed by atoms with E-state index in [9.17, 15) is 22.8 Å². The van der Waals surface area contributed by atoms with Crippen molar-refractivity contribution in [3.8, 4) is 5.75 Å². The molecule has 0 unspecified atom stereocenters. The van der Waals surface area contributed by atoms with Gasteiger partial charge in [-0.1, -0.05) is 12.1 Å².